The van der Waals surface area contributed by atoms with Crippen molar-refractivity contribution in [2.24, 2.45) is 0 Å². The van der Waals surface area contributed by atoms with Crippen LogP contribution in [0.3, 0.4) is 0 Å². The van der Waals surface area contributed by atoms with Gasteiger partial charge in [-0.05, 0) is 12.8 Å². The average Bonchev–Trinajstić information content (AvgIpc) is 3.02. The number of amides is 1. The number of hydrogen-bond donors (Lipinski definition) is 1. The summed E-state index contributed by atoms with van der Waals surface area (Å²) >= 11 is 0. The Labute approximate surface area is 98.8 Å². The molecule has 2 rings (SSSR count). The van der Waals surface area contributed by atoms with E-state index < -0.39 is 17.6 Å². The van der Waals surface area contributed by atoms with Gasteiger partial charge in [-0.15, -0.1) is 0 Å². The molecule has 1 heterocycles. The van der Waals surface area contributed by atoms with Crippen LogP contribution in [-0.2, 0) is 14.3 Å². The van der Waals surface area contributed by atoms with Crippen LogP contribution in [0.4, 0.5) is 4.79 Å². The summed E-state index contributed by atoms with van der Waals surface area (Å²) in [5.74, 6) is -1.04. The first kappa shape index (κ1) is 11.9. The third-order valence-electron chi connectivity index (χ3n) is 2.97. The van der Waals surface area contributed by atoms with Crippen LogP contribution in [0.25, 0.3) is 0 Å². The van der Waals surface area contributed by atoms with Crippen molar-refractivity contribution in [3.05, 3.63) is 12.7 Å². The highest BCUT2D eigenvalue weighted by molar-refractivity contribution is 5.86. The van der Waals surface area contributed by atoms with Crippen molar-refractivity contribution in [1.82, 2.24) is 4.90 Å². The van der Waals surface area contributed by atoms with E-state index in [1.165, 1.54) is 11.0 Å². The molecule has 6 heteroatoms. The summed E-state index contributed by atoms with van der Waals surface area (Å²) < 4.78 is 9.90. The molecule has 6 nitrogen and oxygen atoms in total. The standard InChI is InChI=1S/C11H15NO5/c1-2-5-17-10(15)12(8-3-4-8)11(9(13)14)6-16-7-11/h2,8H,1,3-7H2,(H,13,14). The van der Waals surface area contributed by atoms with Gasteiger partial charge in [-0.2, -0.15) is 0 Å². The summed E-state index contributed by atoms with van der Waals surface area (Å²) in [6.07, 6.45) is 2.49. The number of carbonyl (C=O) groups excluding carboxylic acids is 1. The largest absolute Gasteiger partial charge is 0.479 e. The number of ether oxygens (including phenoxy) is 2. The fourth-order valence-corrected chi connectivity index (χ4v) is 1.87. The Morgan fingerprint density at radius 3 is 2.53 bits per heavy atom. The Morgan fingerprint density at radius 1 is 1.53 bits per heavy atom. The normalized spacial score (nSPS) is 21.2. The first-order valence-electron chi connectivity index (χ1n) is 5.50. The summed E-state index contributed by atoms with van der Waals surface area (Å²) in [4.78, 5) is 24.5. The molecule has 2 aliphatic rings. The molecule has 2 fully saturated rings. The van der Waals surface area contributed by atoms with E-state index in [1.54, 1.807) is 0 Å². The summed E-state index contributed by atoms with van der Waals surface area (Å²) in [7, 11) is 0. The first-order chi connectivity index (χ1) is 8.12. The minimum absolute atomic E-state index is 0.0298. The van der Waals surface area contributed by atoms with Crippen LogP contribution in [0, 0.1) is 0 Å². The summed E-state index contributed by atoms with van der Waals surface area (Å²) in [6, 6.07) is -0.0349. The van der Waals surface area contributed by atoms with Gasteiger partial charge < -0.3 is 14.6 Å². The SMILES string of the molecule is C=CCOC(=O)N(C1CC1)C1(C(=O)O)COC1. The van der Waals surface area contributed by atoms with E-state index >= 15 is 0 Å². The molecule has 1 N–H and O–H groups in total. The molecule has 0 radical (unpaired) electrons. The maximum Gasteiger partial charge on any atom is 0.411 e. The number of nitrogens with zero attached hydrogens (tertiary/aromatic N) is 1. The van der Waals surface area contributed by atoms with Gasteiger partial charge in [-0.1, -0.05) is 12.7 Å². The Hall–Kier alpha value is -1.56. The smallest absolute Gasteiger partial charge is 0.411 e. The minimum atomic E-state index is -1.24. The van der Waals surface area contributed by atoms with Crippen LogP contribution >= 0.6 is 0 Å². The van der Waals surface area contributed by atoms with E-state index in [0.717, 1.165) is 12.8 Å². The quantitative estimate of drug-likeness (QED) is 0.714. The lowest BCUT2D eigenvalue weighted by Gasteiger charge is -2.45. The highest BCUT2D eigenvalue weighted by Gasteiger charge is 2.58. The Kier molecular flexibility index (Phi) is 3.06. The molecular formula is C11H15NO5. The Balaban J connectivity index is 2.13. The van der Waals surface area contributed by atoms with E-state index in [2.05, 4.69) is 6.58 Å². The molecule has 1 saturated heterocycles. The van der Waals surface area contributed by atoms with Crippen LogP contribution in [0.5, 0.6) is 0 Å². The molecule has 0 spiro atoms. The molecule has 0 bridgehead atoms. The maximum absolute atomic E-state index is 11.9. The lowest BCUT2D eigenvalue weighted by molar-refractivity contribution is -0.184. The van der Waals surface area contributed by atoms with Gasteiger partial charge in [0.15, 0.2) is 5.54 Å². The molecule has 1 aliphatic heterocycles. The van der Waals surface area contributed by atoms with Crippen LogP contribution < -0.4 is 0 Å². The van der Waals surface area contributed by atoms with Crippen LogP contribution in [-0.4, -0.2) is 53.5 Å². The number of rotatable bonds is 5. The number of aliphatic carboxylic acids is 1. The third kappa shape index (κ3) is 2.00. The van der Waals surface area contributed by atoms with E-state index in [1.807, 2.05) is 0 Å². The Morgan fingerprint density at radius 2 is 2.18 bits per heavy atom. The predicted molar refractivity (Wildman–Crippen MR) is 57.6 cm³/mol. The van der Waals surface area contributed by atoms with Crippen LogP contribution in [0.1, 0.15) is 12.8 Å². The van der Waals surface area contributed by atoms with E-state index in [4.69, 9.17) is 9.47 Å². The number of hydrogen-bond acceptors (Lipinski definition) is 4. The molecule has 0 aromatic heterocycles. The topological polar surface area (TPSA) is 76.1 Å². The molecule has 0 aromatic carbocycles. The molecule has 1 aliphatic carbocycles. The summed E-state index contributed by atoms with van der Waals surface area (Å²) in [5, 5.41) is 9.26. The fourth-order valence-electron chi connectivity index (χ4n) is 1.87. The van der Waals surface area contributed by atoms with Crippen molar-refractivity contribution in [3.8, 4) is 0 Å². The molecule has 0 atom stereocenters. The van der Waals surface area contributed by atoms with Gasteiger partial charge in [0.1, 0.15) is 6.61 Å². The first-order valence-corrected chi connectivity index (χ1v) is 5.50. The molecular weight excluding hydrogens is 226 g/mol. The molecule has 1 saturated carbocycles. The van der Waals surface area contributed by atoms with Gasteiger partial charge >= 0.3 is 12.1 Å². The van der Waals surface area contributed by atoms with Crippen molar-refractivity contribution in [3.63, 3.8) is 0 Å². The molecule has 17 heavy (non-hydrogen) atoms. The monoisotopic (exact) mass is 241 g/mol. The van der Waals surface area contributed by atoms with Gasteiger partial charge in [0.2, 0.25) is 0 Å². The van der Waals surface area contributed by atoms with Gasteiger partial charge in [-0.3, -0.25) is 4.90 Å². The summed E-state index contributed by atoms with van der Waals surface area (Å²) in [5.41, 5.74) is -1.24. The lowest BCUT2D eigenvalue weighted by atomic mass is 9.95. The number of carboxylic acid groups (broad SMARTS) is 1. The van der Waals surface area contributed by atoms with Crippen molar-refractivity contribution < 1.29 is 24.2 Å². The maximum atomic E-state index is 11.9. The Bertz CT molecular complexity index is 346. The minimum Gasteiger partial charge on any atom is -0.479 e. The molecule has 94 valence electrons. The number of carboxylic acids is 1. The second kappa shape index (κ2) is 4.37. The third-order valence-corrected chi connectivity index (χ3v) is 2.97. The zero-order chi connectivity index (χ0) is 12.5. The lowest BCUT2D eigenvalue weighted by Crippen LogP contribution is -2.69. The van der Waals surface area contributed by atoms with Gasteiger partial charge in [-0.25, -0.2) is 9.59 Å². The van der Waals surface area contributed by atoms with Gasteiger partial charge in [0.25, 0.3) is 0 Å². The van der Waals surface area contributed by atoms with E-state index in [-0.39, 0.29) is 25.9 Å². The zero-order valence-electron chi connectivity index (χ0n) is 9.42. The average molecular weight is 241 g/mol. The highest BCUT2D eigenvalue weighted by atomic mass is 16.6. The van der Waals surface area contributed by atoms with Gasteiger partial charge in [0, 0.05) is 6.04 Å². The van der Waals surface area contributed by atoms with Crippen LogP contribution in [0.2, 0.25) is 0 Å². The highest BCUT2D eigenvalue weighted by Crippen LogP contribution is 2.37. The predicted octanol–water partition coefficient (Wildman–Crippen LogP) is 0.627. The van der Waals surface area contributed by atoms with E-state index in [0.29, 0.717) is 0 Å². The fraction of sp³-hybridized carbons (Fsp3) is 0.636. The van der Waals surface area contributed by atoms with E-state index in [9.17, 15) is 14.7 Å². The van der Waals surface area contributed by atoms with Crippen molar-refractivity contribution in [1.29, 1.82) is 0 Å². The van der Waals surface area contributed by atoms with Gasteiger partial charge in [0.05, 0.1) is 13.2 Å². The van der Waals surface area contributed by atoms with Crippen molar-refractivity contribution in [2.45, 2.75) is 24.4 Å². The van der Waals surface area contributed by atoms with Crippen LogP contribution in [0.15, 0.2) is 12.7 Å². The molecule has 0 unspecified atom stereocenters. The molecule has 0 aromatic rings. The second-order valence-electron chi connectivity index (χ2n) is 4.30. The summed E-state index contributed by atoms with van der Waals surface area (Å²) in [6.45, 7) is 3.59. The second-order valence-corrected chi connectivity index (χ2v) is 4.30. The van der Waals surface area contributed by atoms with Crippen molar-refractivity contribution >= 4 is 12.1 Å². The molecule has 1 amide bonds. The van der Waals surface area contributed by atoms with Crippen molar-refractivity contribution in [2.75, 3.05) is 19.8 Å². The number of carbonyl (C=O) groups is 2. The zero-order valence-corrected chi connectivity index (χ0v) is 9.42.